The molecule has 2 aromatic rings. The predicted molar refractivity (Wildman–Crippen MR) is 62.1 cm³/mol. The Morgan fingerprint density at radius 2 is 2.13 bits per heavy atom. The summed E-state index contributed by atoms with van der Waals surface area (Å²) in [7, 11) is 1.68. The molecule has 3 nitrogen and oxygen atoms in total. The topological polar surface area (TPSA) is 40.2 Å². The van der Waals surface area contributed by atoms with E-state index in [1.807, 2.05) is 12.1 Å². The highest BCUT2D eigenvalue weighted by atomic mass is 16.5. The van der Waals surface area contributed by atoms with Crippen LogP contribution in [0.1, 0.15) is 12.6 Å². The van der Waals surface area contributed by atoms with Crippen LogP contribution in [-0.4, -0.2) is 11.7 Å². The number of methoxy groups -OCH3 is 1. The van der Waals surface area contributed by atoms with Gasteiger partial charge in [-0.05, 0) is 31.2 Å². The molecule has 2 rings (SSSR count). The molecule has 3 heteroatoms. The van der Waals surface area contributed by atoms with E-state index in [1.165, 1.54) is 16.6 Å². The number of fused-ring (bicyclic) bond motifs is 1. The van der Waals surface area contributed by atoms with Crippen molar-refractivity contribution in [3.05, 3.63) is 30.0 Å². The normalized spacial score (nSPS) is 10.9. The molecule has 0 bridgehead atoms. The predicted octanol–water partition coefficient (Wildman–Crippen LogP) is 2.13. The van der Waals surface area contributed by atoms with Gasteiger partial charge in [-0.25, -0.2) is 0 Å². The largest absolute Gasteiger partial charge is 0.497 e. The quantitative estimate of drug-likeness (QED) is 0.832. The molecule has 0 fully saturated rings. The summed E-state index contributed by atoms with van der Waals surface area (Å²) in [5, 5.41) is 1.19. The summed E-state index contributed by atoms with van der Waals surface area (Å²) in [6.07, 6.45) is 0. The Labute approximate surface area is 89.4 Å². The molecule has 0 amide bonds. The zero-order chi connectivity index (χ0) is 10.8. The number of nitrogens with two attached hydrogens (primary N) is 1. The highest BCUT2D eigenvalue weighted by molar-refractivity contribution is 5.82. The molecule has 0 unspecified atom stereocenters. The van der Waals surface area contributed by atoms with Gasteiger partial charge in [-0.2, -0.15) is 0 Å². The maximum absolute atomic E-state index is 5.71. The maximum Gasteiger partial charge on any atom is 0.119 e. The summed E-state index contributed by atoms with van der Waals surface area (Å²) in [6.45, 7) is 3.65. The van der Waals surface area contributed by atoms with Gasteiger partial charge in [0.15, 0.2) is 0 Å². The first kappa shape index (κ1) is 10.1. The number of aryl methyl sites for hydroxylation is 1. The second-order valence-electron chi connectivity index (χ2n) is 3.51. The van der Waals surface area contributed by atoms with Crippen molar-refractivity contribution in [2.75, 3.05) is 7.11 Å². The third-order valence-corrected chi connectivity index (χ3v) is 2.72. The Morgan fingerprint density at radius 1 is 1.33 bits per heavy atom. The van der Waals surface area contributed by atoms with E-state index in [0.29, 0.717) is 6.54 Å². The van der Waals surface area contributed by atoms with Gasteiger partial charge in [0, 0.05) is 29.7 Å². The van der Waals surface area contributed by atoms with E-state index in [9.17, 15) is 0 Å². The third kappa shape index (κ3) is 1.59. The molecule has 1 heterocycles. The van der Waals surface area contributed by atoms with Gasteiger partial charge in [-0.3, -0.25) is 0 Å². The van der Waals surface area contributed by atoms with Crippen molar-refractivity contribution in [1.29, 1.82) is 0 Å². The summed E-state index contributed by atoms with van der Waals surface area (Å²) in [6, 6.07) is 8.23. The summed E-state index contributed by atoms with van der Waals surface area (Å²) >= 11 is 0. The first-order chi connectivity index (χ1) is 7.30. The van der Waals surface area contributed by atoms with Crippen LogP contribution in [0.3, 0.4) is 0 Å². The van der Waals surface area contributed by atoms with Crippen molar-refractivity contribution in [3.63, 3.8) is 0 Å². The summed E-state index contributed by atoms with van der Waals surface area (Å²) in [4.78, 5) is 0. The molecule has 15 heavy (non-hydrogen) atoms. The lowest BCUT2D eigenvalue weighted by molar-refractivity contribution is 0.415. The first-order valence-corrected chi connectivity index (χ1v) is 5.16. The lowest BCUT2D eigenvalue weighted by Gasteiger charge is -2.05. The molecular weight excluding hydrogens is 188 g/mol. The van der Waals surface area contributed by atoms with Gasteiger partial charge in [-0.1, -0.05) is 0 Å². The summed E-state index contributed by atoms with van der Waals surface area (Å²) in [5.41, 5.74) is 8.10. The van der Waals surface area contributed by atoms with Crippen LogP contribution in [0.15, 0.2) is 24.3 Å². The van der Waals surface area contributed by atoms with Crippen molar-refractivity contribution in [1.82, 2.24) is 4.57 Å². The first-order valence-electron chi connectivity index (χ1n) is 5.16. The van der Waals surface area contributed by atoms with Crippen molar-refractivity contribution >= 4 is 10.9 Å². The second kappa shape index (κ2) is 3.95. The Bertz CT molecular complexity index is 474. The van der Waals surface area contributed by atoms with Crippen LogP contribution < -0.4 is 10.5 Å². The van der Waals surface area contributed by atoms with Crippen LogP contribution in [-0.2, 0) is 13.1 Å². The Balaban J connectivity index is 2.65. The highest BCUT2D eigenvalue weighted by Crippen LogP contribution is 2.24. The van der Waals surface area contributed by atoms with Gasteiger partial charge in [0.1, 0.15) is 5.75 Å². The fraction of sp³-hybridized carbons (Fsp3) is 0.333. The molecule has 0 aliphatic heterocycles. The van der Waals surface area contributed by atoms with Crippen LogP contribution in [0.5, 0.6) is 5.75 Å². The third-order valence-electron chi connectivity index (χ3n) is 2.72. The van der Waals surface area contributed by atoms with Crippen LogP contribution in [0.25, 0.3) is 10.9 Å². The Morgan fingerprint density at radius 3 is 2.73 bits per heavy atom. The van der Waals surface area contributed by atoms with E-state index in [-0.39, 0.29) is 0 Å². The van der Waals surface area contributed by atoms with E-state index in [4.69, 9.17) is 10.5 Å². The van der Waals surface area contributed by atoms with Gasteiger partial charge >= 0.3 is 0 Å². The van der Waals surface area contributed by atoms with E-state index in [2.05, 4.69) is 23.6 Å². The molecule has 0 spiro atoms. The summed E-state index contributed by atoms with van der Waals surface area (Å²) < 4.78 is 7.43. The fourth-order valence-corrected chi connectivity index (χ4v) is 1.98. The number of rotatable bonds is 3. The average Bonchev–Trinajstić information content (AvgIpc) is 2.65. The zero-order valence-corrected chi connectivity index (χ0v) is 9.16. The monoisotopic (exact) mass is 204 g/mol. The molecule has 0 saturated heterocycles. The van der Waals surface area contributed by atoms with Crippen LogP contribution >= 0.6 is 0 Å². The van der Waals surface area contributed by atoms with Crippen LogP contribution in [0.2, 0.25) is 0 Å². The van der Waals surface area contributed by atoms with E-state index in [0.717, 1.165) is 12.3 Å². The van der Waals surface area contributed by atoms with Gasteiger partial charge in [-0.15, -0.1) is 0 Å². The number of benzene rings is 1. The molecular formula is C12H16N2O. The molecule has 2 N–H and O–H groups in total. The van der Waals surface area contributed by atoms with Gasteiger partial charge in [0.25, 0.3) is 0 Å². The van der Waals surface area contributed by atoms with Crippen molar-refractivity contribution in [2.45, 2.75) is 20.0 Å². The maximum atomic E-state index is 5.71. The van der Waals surface area contributed by atoms with E-state index >= 15 is 0 Å². The zero-order valence-electron chi connectivity index (χ0n) is 9.16. The van der Waals surface area contributed by atoms with Gasteiger partial charge < -0.3 is 15.0 Å². The number of hydrogen-bond acceptors (Lipinski definition) is 2. The summed E-state index contributed by atoms with van der Waals surface area (Å²) in [5.74, 6) is 0.888. The lowest BCUT2D eigenvalue weighted by Crippen LogP contribution is -2.05. The fourth-order valence-electron chi connectivity index (χ4n) is 1.98. The minimum atomic E-state index is 0.574. The van der Waals surface area contributed by atoms with Crippen molar-refractivity contribution < 1.29 is 4.74 Å². The number of ether oxygens (including phenoxy) is 1. The Hall–Kier alpha value is -1.48. The molecule has 0 aliphatic rings. The smallest absolute Gasteiger partial charge is 0.119 e. The molecule has 1 aromatic carbocycles. The number of hydrogen-bond donors (Lipinski definition) is 1. The van der Waals surface area contributed by atoms with Crippen LogP contribution in [0, 0.1) is 0 Å². The minimum Gasteiger partial charge on any atom is -0.497 e. The molecule has 0 aliphatic carbocycles. The molecule has 1 aromatic heterocycles. The second-order valence-corrected chi connectivity index (χ2v) is 3.51. The Kier molecular flexibility index (Phi) is 2.64. The molecule has 80 valence electrons. The number of nitrogens with zero attached hydrogens (tertiary/aromatic N) is 1. The molecule has 0 radical (unpaired) electrons. The number of aromatic nitrogens is 1. The van der Waals surface area contributed by atoms with Gasteiger partial charge in [0.2, 0.25) is 0 Å². The average molecular weight is 204 g/mol. The molecule has 0 atom stereocenters. The lowest BCUT2D eigenvalue weighted by atomic mass is 10.2. The minimum absolute atomic E-state index is 0.574. The molecule has 0 saturated carbocycles. The van der Waals surface area contributed by atoms with Crippen LogP contribution in [0.4, 0.5) is 0 Å². The van der Waals surface area contributed by atoms with Gasteiger partial charge in [0.05, 0.1) is 7.11 Å². The van der Waals surface area contributed by atoms with E-state index in [1.54, 1.807) is 7.11 Å². The van der Waals surface area contributed by atoms with Crippen molar-refractivity contribution in [2.24, 2.45) is 5.73 Å². The highest BCUT2D eigenvalue weighted by Gasteiger charge is 2.06. The van der Waals surface area contributed by atoms with E-state index < -0.39 is 0 Å². The SMILES string of the molecule is CCn1c(CN)cc2cc(OC)ccc21. The standard InChI is InChI=1S/C12H16N2O/c1-3-14-10(8-13)6-9-7-11(15-2)4-5-12(9)14/h4-7H,3,8,13H2,1-2H3. The van der Waals surface area contributed by atoms with Crippen molar-refractivity contribution in [3.8, 4) is 5.75 Å².